The Morgan fingerprint density at radius 3 is 2.17 bits per heavy atom. The summed E-state index contributed by atoms with van der Waals surface area (Å²) in [6.45, 7) is 3.20. The molecule has 0 saturated carbocycles. The number of halogens is 1. The average Bonchev–Trinajstić information content (AvgIpc) is 1.38. The number of terminal acetylenes is 1. The normalized spacial score (nSPS) is 4.67. The minimum Gasteiger partial charge on any atom is -1.00 e. The van der Waals surface area contributed by atoms with E-state index in [9.17, 15) is 0 Å². The third kappa shape index (κ3) is 8.85. The van der Waals surface area contributed by atoms with E-state index in [-0.39, 0.29) is 45.6 Å². The van der Waals surface area contributed by atoms with Gasteiger partial charge in [0.05, 0.1) is 5.03 Å². The molecule has 0 unspecified atom stereocenters. The molecular weight excluding hydrogens is 124 g/mol. The largest absolute Gasteiger partial charge is 2.00 e. The standard InChI is InChI=1S/C4H3Cl.Ca.2H/c1-3-4(2)5;;;/h1H,2H2;;;/q;+2;2*-1. The zero-order chi connectivity index (χ0) is 4.28. The van der Waals surface area contributed by atoms with Crippen molar-refractivity contribution in [3.8, 4) is 12.3 Å². The maximum atomic E-state index is 5.03. The fourth-order valence-electron chi connectivity index (χ4n) is 0. The summed E-state index contributed by atoms with van der Waals surface area (Å²) in [7, 11) is 0. The molecule has 0 radical (unpaired) electrons. The summed E-state index contributed by atoms with van der Waals surface area (Å²) in [5.41, 5.74) is 0. The van der Waals surface area contributed by atoms with E-state index in [0.29, 0.717) is 0 Å². The quantitative estimate of drug-likeness (QED) is 0.340. The molecule has 0 aromatic carbocycles. The van der Waals surface area contributed by atoms with Crippen molar-refractivity contribution in [2.45, 2.75) is 0 Å². The first kappa shape index (κ1) is 9.97. The predicted octanol–water partition coefficient (Wildman–Crippen LogP) is 1.22. The van der Waals surface area contributed by atoms with Crippen molar-refractivity contribution in [3.05, 3.63) is 11.6 Å². The fraction of sp³-hybridized carbons (Fsp3) is 0. The Morgan fingerprint density at radius 2 is 2.17 bits per heavy atom. The van der Waals surface area contributed by atoms with E-state index in [0.717, 1.165) is 0 Å². The number of rotatable bonds is 0. The molecule has 0 aromatic heterocycles. The summed E-state index contributed by atoms with van der Waals surface area (Å²) in [5.74, 6) is 2.10. The van der Waals surface area contributed by atoms with Gasteiger partial charge < -0.3 is 2.85 Å². The van der Waals surface area contributed by atoms with E-state index in [2.05, 4.69) is 18.9 Å². The van der Waals surface area contributed by atoms with Crippen LogP contribution in [0.2, 0.25) is 0 Å². The van der Waals surface area contributed by atoms with Crippen LogP contribution in [0.25, 0.3) is 0 Å². The summed E-state index contributed by atoms with van der Waals surface area (Å²) in [6.07, 6.45) is 4.69. The Balaban J connectivity index is -0.0000000267. The van der Waals surface area contributed by atoms with Gasteiger partial charge in [-0.2, -0.15) is 0 Å². The summed E-state index contributed by atoms with van der Waals surface area (Å²) in [5, 5.41) is 0.255. The van der Waals surface area contributed by atoms with Crippen LogP contribution in [0, 0.1) is 12.3 Å². The van der Waals surface area contributed by atoms with E-state index in [1.807, 2.05) is 0 Å². The van der Waals surface area contributed by atoms with Crippen LogP contribution in [0.15, 0.2) is 11.6 Å². The van der Waals surface area contributed by atoms with Gasteiger partial charge in [-0.1, -0.05) is 24.1 Å². The van der Waals surface area contributed by atoms with Crippen LogP contribution < -0.4 is 0 Å². The SMILES string of the molecule is C#CC(=C)Cl.[Ca+2].[H-].[H-]. The van der Waals surface area contributed by atoms with Crippen molar-refractivity contribution in [1.82, 2.24) is 0 Å². The average molecular weight is 129 g/mol. The van der Waals surface area contributed by atoms with Gasteiger partial charge in [0.25, 0.3) is 0 Å². The second kappa shape index (κ2) is 5.85. The third-order valence-corrected chi connectivity index (χ3v) is 0.266. The van der Waals surface area contributed by atoms with Gasteiger partial charge in [0.2, 0.25) is 0 Å². The van der Waals surface area contributed by atoms with Crippen LogP contribution >= 0.6 is 11.6 Å². The van der Waals surface area contributed by atoms with Crippen LogP contribution in [0.1, 0.15) is 2.85 Å². The first-order valence-electron chi connectivity index (χ1n) is 1.08. The molecule has 0 rings (SSSR count). The summed E-state index contributed by atoms with van der Waals surface area (Å²) >= 11 is 5.03. The molecular formula is C4H5CaCl. The van der Waals surface area contributed by atoms with Gasteiger partial charge in [-0.3, -0.25) is 0 Å². The first-order valence-corrected chi connectivity index (χ1v) is 1.46. The van der Waals surface area contributed by atoms with Gasteiger partial charge in [0, 0.05) is 0 Å². The molecule has 0 nitrogen and oxygen atoms in total. The Kier molecular flexibility index (Phi) is 9.72. The monoisotopic (exact) mass is 128 g/mol. The number of hydrogen-bond donors (Lipinski definition) is 0. The fourth-order valence-corrected chi connectivity index (χ4v) is 0. The molecule has 2 heteroatoms. The van der Waals surface area contributed by atoms with Crippen LogP contribution in [0.3, 0.4) is 0 Å². The smallest absolute Gasteiger partial charge is 1.00 e. The van der Waals surface area contributed by atoms with Gasteiger partial charge in [-0.15, -0.1) is 6.42 Å². The van der Waals surface area contributed by atoms with Crippen LogP contribution in [-0.2, 0) is 0 Å². The molecule has 0 heterocycles. The van der Waals surface area contributed by atoms with E-state index in [1.54, 1.807) is 0 Å². The van der Waals surface area contributed by atoms with E-state index < -0.39 is 0 Å². The molecule has 0 N–H and O–H groups in total. The van der Waals surface area contributed by atoms with Gasteiger partial charge in [-0.25, -0.2) is 0 Å². The molecule has 30 valence electrons. The van der Waals surface area contributed by atoms with Crippen molar-refractivity contribution in [3.63, 3.8) is 0 Å². The molecule has 0 aliphatic carbocycles. The van der Waals surface area contributed by atoms with Crippen molar-refractivity contribution in [1.29, 1.82) is 0 Å². The Bertz CT molecular complexity index is 86.5. The summed E-state index contributed by atoms with van der Waals surface area (Å²) in [4.78, 5) is 0. The maximum Gasteiger partial charge on any atom is 2.00 e. The van der Waals surface area contributed by atoms with E-state index in [1.165, 1.54) is 0 Å². The maximum absolute atomic E-state index is 5.03. The Morgan fingerprint density at radius 1 is 2.00 bits per heavy atom. The second-order valence-corrected chi connectivity index (χ2v) is 1.01. The van der Waals surface area contributed by atoms with Crippen LogP contribution in [0.5, 0.6) is 0 Å². The van der Waals surface area contributed by atoms with Gasteiger partial charge >= 0.3 is 37.7 Å². The van der Waals surface area contributed by atoms with E-state index >= 15 is 0 Å². The molecule has 0 aliphatic rings. The van der Waals surface area contributed by atoms with Crippen LogP contribution in [-0.4, -0.2) is 37.7 Å². The Hall–Kier alpha value is 0.850. The van der Waals surface area contributed by atoms with Crippen molar-refractivity contribution >= 4 is 49.3 Å². The molecule has 6 heavy (non-hydrogen) atoms. The molecule has 0 saturated heterocycles. The summed E-state index contributed by atoms with van der Waals surface area (Å²) in [6, 6.07) is 0. The van der Waals surface area contributed by atoms with Crippen LogP contribution in [0.4, 0.5) is 0 Å². The van der Waals surface area contributed by atoms with E-state index in [4.69, 9.17) is 11.6 Å². The van der Waals surface area contributed by atoms with Gasteiger partial charge in [-0.05, 0) is 0 Å². The molecule has 0 amide bonds. The Labute approximate surface area is 75.5 Å². The first-order chi connectivity index (χ1) is 2.27. The van der Waals surface area contributed by atoms with Crippen molar-refractivity contribution in [2.75, 3.05) is 0 Å². The topological polar surface area (TPSA) is 0 Å². The zero-order valence-corrected chi connectivity index (χ0v) is 6.33. The van der Waals surface area contributed by atoms with Gasteiger partial charge in [0.1, 0.15) is 0 Å². The molecule has 0 atom stereocenters. The summed E-state index contributed by atoms with van der Waals surface area (Å²) < 4.78 is 0. The molecule has 0 aliphatic heterocycles. The minimum absolute atomic E-state index is 0. The number of hydrogen-bond acceptors (Lipinski definition) is 0. The molecule has 0 fully saturated rings. The predicted molar refractivity (Wildman–Crippen MR) is 31.8 cm³/mol. The molecule has 0 bridgehead atoms. The number of allylic oxidation sites excluding steroid dienone is 1. The van der Waals surface area contributed by atoms with Crippen molar-refractivity contribution < 1.29 is 2.85 Å². The third-order valence-electron chi connectivity index (χ3n) is 0.157. The molecule has 0 spiro atoms. The van der Waals surface area contributed by atoms with Crippen molar-refractivity contribution in [2.24, 2.45) is 0 Å². The zero-order valence-electron chi connectivity index (χ0n) is 5.37. The van der Waals surface area contributed by atoms with Gasteiger partial charge in [0.15, 0.2) is 0 Å². The second-order valence-electron chi connectivity index (χ2n) is 0.549. The molecule has 0 aromatic rings. The minimum atomic E-state index is 0.